The molecule has 0 fully saturated rings. The van der Waals surface area contributed by atoms with Crippen LogP contribution >= 0.6 is 0 Å². The Labute approximate surface area is 568 Å². The molecule has 0 aliphatic rings. The largest absolute Gasteiger partial charge is 0.309 e. The van der Waals surface area contributed by atoms with Gasteiger partial charge in [0.2, 0.25) is 11.9 Å². The predicted molar refractivity (Wildman–Crippen MR) is 413 cm³/mol. The zero-order valence-corrected chi connectivity index (χ0v) is 53.5. The first-order chi connectivity index (χ1) is 49.6. The van der Waals surface area contributed by atoms with Gasteiger partial charge in [-0.25, -0.2) is 19.9 Å². The number of hydrogen-bond acceptors (Lipinski definition) is 4. The quantitative estimate of drug-likeness (QED) is 0.166. The summed E-state index contributed by atoms with van der Waals surface area (Å²) in [5.41, 5.74) is 22.8. The van der Waals surface area contributed by atoms with E-state index in [1.807, 2.05) is 0 Å². The number of hydrogen-bond donors (Lipinski definition) is 0. The fraction of sp³-hybridized carbons (Fsp3) is 0. The number of fused-ring (bicyclic) bond motifs is 26. The maximum atomic E-state index is 5.79. The predicted octanol–water partition coefficient (Wildman–Crippen LogP) is 22.4. The molecule has 0 bridgehead atoms. The Hall–Kier alpha value is -13.7. The Kier molecular flexibility index (Phi) is 10.7. The number of imidazole rings is 2. The van der Waals surface area contributed by atoms with Crippen LogP contribution < -0.4 is 0 Å². The molecule has 8 aromatic heterocycles. The third kappa shape index (κ3) is 7.29. The van der Waals surface area contributed by atoms with Crippen molar-refractivity contribution in [2.45, 2.75) is 0 Å². The van der Waals surface area contributed by atoms with Crippen LogP contribution in [-0.4, -0.2) is 47.0 Å². The van der Waals surface area contributed by atoms with Gasteiger partial charge in [0, 0.05) is 65.2 Å². The van der Waals surface area contributed by atoms with Gasteiger partial charge in [-0.2, -0.15) is 0 Å². The second kappa shape index (κ2) is 20.0. The third-order valence-corrected chi connectivity index (χ3v) is 21.3. The Morgan fingerprint density at radius 2 is 0.610 bits per heavy atom. The van der Waals surface area contributed by atoms with E-state index >= 15 is 0 Å². The zero-order chi connectivity index (χ0) is 65.0. The smallest absolute Gasteiger partial charge is 0.221 e. The van der Waals surface area contributed by atoms with E-state index in [2.05, 4.69) is 343 Å². The van der Waals surface area contributed by atoms with E-state index in [0.717, 1.165) is 145 Å². The van der Waals surface area contributed by atoms with Gasteiger partial charge in [0.1, 0.15) is 11.3 Å². The number of aromatic nitrogens is 10. The van der Waals surface area contributed by atoms with Crippen LogP contribution in [0.4, 0.5) is 0 Å². The van der Waals surface area contributed by atoms with Crippen molar-refractivity contribution >= 4 is 164 Å². The van der Waals surface area contributed by atoms with Crippen LogP contribution in [0.1, 0.15) is 0 Å². The highest BCUT2D eigenvalue weighted by Gasteiger charge is 2.26. The lowest BCUT2D eigenvalue weighted by atomic mass is 9.98. The topological polar surface area (TPSA) is 80.1 Å². The molecule has 0 radical (unpaired) electrons. The number of para-hydroxylation sites is 8. The van der Waals surface area contributed by atoms with Gasteiger partial charge in [-0.15, -0.1) is 0 Å². The maximum absolute atomic E-state index is 5.79. The molecular formula is C90H52N10. The average molecular weight is 1270 g/mol. The minimum absolute atomic E-state index is 0.776. The second-order valence-corrected chi connectivity index (χ2v) is 26.5. The molecule has 100 heavy (non-hydrogen) atoms. The van der Waals surface area contributed by atoms with E-state index in [0.29, 0.717) is 0 Å². The maximum Gasteiger partial charge on any atom is 0.221 e. The first kappa shape index (κ1) is 53.5. The van der Waals surface area contributed by atoms with Crippen molar-refractivity contribution in [2.24, 2.45) is 0 Å². The SMILES string of the molecule is c1ccc2c(c1)ccc1c2c2cc(-n3c4ccccc4c4c(-c5ccc6nc(-n7c8ccc(-c9ccc(-n%10c%11ccccc%11c%11ccccc%11%10)cc9)cc8c8c9ccccc9ccc87)n7c8ccccc8nc7c6c5)cccc43)ccc2n1-c1nc2ccccc2c2nc3ccccc3n12. The summed E-state index contributed by atoms with van der Waals surface area (Å²) >= 11 is 0. The molecular weight excluding hydrogens is 1220 g/mol. The molecule has 23 aromatic rings. The van der Waals surface area contributed by atoms with Crippen molar-refractivity contribution in [3.63, 3.8) is 0 Å². The molecule has 0 saturated heterocycles. The van der Waals surface area contributed by atoms with E-state index in [9.17, 15) is 0 Å². The van der Waals surface area contributed by atoms with Crippen LogP contribution in [0.25, 0.3) is 209 Å². The normalized spacial score (nSPS) is 12.4. The summed E-state index contributed by atoms with van der Waals surface area (Å²) in [6.07, 6.45) is 0. The molecule has 0 aliphatic heterocycles. The molecule has 0 atom stereocenters. The van der Waals surface area contributed by atoms with E-state index in [1.165, 1.54) is 64.9 Å². The van der Waals surface area contributed by atoms with Gasteiger partial charge in [0.15, 0.2) is 0 Å². The van der Waals surface area contributed by atoms with Gasteiger partial charge in [-0.1, -0.05) is 188 Å². The van der Waals surface area contributed by atoms with Crippen LogP contribution in [0.2, 0.25) is 0 Å². The summed E-state index contributed by atoms with van der Waals surface area (Å²) in [5.74, 6) is 1.57. The summed E-state index contributed by atoms with van der Waals surface area (Å²) in [6.45, 7) is 0. The van der Waals surface area contributed by atoms with Gasteiger partial charge in [-0.05, 0) is 171 Å². The molecule has 8 heterocycles. The summed E-state index contributed by atoms with van der Waals surface area (Å²) in [5, 5.41) is 16.2. The van der Waals surface area contributed by atoms with Gasteiger partial charge in [0.25, 0.3) is 0 Å². The highest BCUT2D eigenvalue weighted by molar-refractivity contribution is 6.24. The van der Waals surface area contributed by atoms with E-state index < -0.39 is 0 Å². The highest BCUT2D eigenvalue weighted by Crippen LogP contribution is 2.46. The van der Waals surface area contributed by atoms with Crippen molar-refractivity contribution in [2.75, 3.05) is 0 Å². The van der Waals surface area contributed by atoms with Gasteiger partial charge < -0.3 is 9.13 Å². The first-order valence-electron chi connectivity index (χ1n) is 34.0. The van der Waals surface area contributed by atoms with Crippen LogP contribution in [0.15, 0.2) is 315 Å². The fourth-order valence-electron chi connectivity index (χ4n) is 17.0. The molecule has 0 amide bonds. The molecule has 0 unspecified atom stereocenters. The molecule has 462 valence electrons. The fourth-order valence-corrected chi connectivity index (χ4v) is 17.0. The van der Waals surface area contributed by atoms with Crippen LogP contribution in [0.5, 0.6) is 0 Å². The first-order valence-corrected chi connectivity index (χ1v) is 34.0. The molecule has 0 spiro atoms. The molecule has 0 N–H and O–H groups in total. The average Bonchev–Trinajstić information content (AvgIpc) is 1.54. The molecule has 10 nitrogen and oxygen atoms in total. The Balaban J connectivity index is 0.700. The Morgan fingerprint density at radius 1 is 0.200 bits per heavy atom. The van der Waals surface area contributed by atoms with Crippen LogP contribution in [0.3, 0.4) is 0 Å². The summed E-state index contributed by atoms with van der Waals surface area (Å²) in [6, 6.07) is 115. The summed E-state index contributed by atoms with van der Waals surface area (Å²) in [7, 11) is 0. The third-order valence-electron chi connectivity index (χ3n) is 21.3. The standard InChI is InChI=1S/C90H52N10/c1-3-20-60-54(18-1)39-47-82-85(60)68-50-56(53-36-42-58(43-37-53)95-74-30-12-6-22-63(74)64-23-7-13-31-75(64)95)41-46-77(68)97(82)90-94-71-45-38-57(51-67(71)88-92-73-29-11-16-34-80(73)100(88)90)62-26-17-35-81-84(62)66-25-8-14-32-76(66)96(81)59-44-49-78-69(52-59)86-61-21-4-2-19-55(61)40-48-83(86)98(78)89-93-70-27-9-5-24-65(70)87-91-72-28-10-15-33-79(72)99(87)89/h1-52H. The highest BCUT2D eigenvalue weighted by atomic mass is 15.2. The number of rotatable bonds is 6. The molecule has 10 heteroatoms. The van der Waals surface area contributed by atoms with Crippen molar-refractivity contribution < 1.29 is 0 Å². The van der Waals surface area contributed by atoms with E-state index in [1.54, 1.807) is 0 Å². The lowest BCUT2D eigenvalue weighted by Gasteiger charge is -2.14. The monoisotopic (exact) mass is 1270 g/mol. The molecule has 0 aliphatic carbocycles. The molecule has 0 saturated carbocycles. The Morgan fingerprint density at radius 3 is 1.24 bits per heavy atom. The summed E-state index contributed by atoms with van der Waals surface area (Å²) < 4.78 is 14.1. The zero-order valence-electron chi connectivity index (χ0n) is 53.5. The van der Waals surface area contributed by atoms with Gasteiger partial charge in [0.05, 0.1) is 77.2 Å². The van der Waals surface area contributed by atoms with Crippen LogP contribution in [0, 0.1) is 0 Å². The van der Waals surface area contributed by atoms with Crippen LogP contribution in [-0.2, 0) is 0 Å². The van der Waals surface area contributed by atoms with Crippen molar-refractivity contribution in [1.29, 1.82) is 0 Å². The Bertz CT molecular complexity index is 7490. The minimum Gasteiger partial charge on any atom is -0.309 e. The second-order valence-electron chi connectivity index (χ2n) is 26.5. The van der Waals surface area contributed by atoms with E-state index in [-0.39, 0.29) is 0 Å². The molecule has 15 aromatic carbocycles. The number of benzene rings is 15. The lowest BCUT2D eigenvalue weighted by molar-refractivity contribution is 0.979. The lowest BCUT2D eigenvalue weighted by Crippen LogP contribution is -2.06. The van der Waals surface area contributed by atoms with Crippen molar-refractivity contribution in [3.8, 4) is 45.5 Å². The van der Waals surface area contributed by atoms with Crippen molar-refractivity contribution in [3.05, 3.63) is 315 Å². The van der Waals surface area contributed by atoms with Gasteiger partial charge >= 0.3 is 0 Å². The summed E-state index contributed by atoms with van der Waals surface area (Å²) in [4.78, 5) is 22.1. The number of nitrogens with zero attached hydrogens (tertiary/aromatic N) is 10. The minimum atomic E-state index is 0.776. The molecule has 23 rings (SSSR count). The van der Waals surface area contributed by atoms with Gasteiger partial charge in [-0.3, -0.25) is 17.9 Å². The van der Waals surface area contributed by atoms with Crippen molar-refractivity contribution in [1.82, 2.24) is 47.0 Å². The van der Waals surface area contributed by atoms with E-state index in [4.69, 9.17) is 19.9 Å².